The first-order valence-corrected chi connectivity index (χ1v) is 11.9. The van der Waals surface area contributed by atoms with Crippen LogP contribution in [0.1, 0.15) is 21.8 Å². The number of nitrogens with zero attached hydrogens (tertiary/aromatic N) is 4. The second-order valence-electron chi connectivity index (χ2n) is 9.20. The smallest absolute Gasteiger partial charge is 0.408 e. The summed E-state index contributed by atoms with van der Waals surface area (Å²) in [6.45, 7) is 4.97. The lowest BCUT2D eigenvalue weighted by Gasteiger charge is -2.10. The highest BCUT2D eigenvalue weighted by atomic mass is 16.5. The third-order valence-electron chi connectivity index (χ3n) is 6.17. The Labute approximate surface area is 213 Å². The summed E-state index contributed by atoms with van der Waals surface area (Å²) < 4.78 is 12.0. The van der Waals surface area contributed by atoms with Gasteiger partial charge in [0.05, 0.1) is 5.52 Å². The van der Waals surface area contributed by atoms with Crippen molar-refractivity contribution in [2.45, 2.75) is 20.4 Å². The summed E-state index contributed by atoms with van der Waals surface area (Å²) in [6, 6.07) is 18.6. The van der Waals surface area contributed by atoms with E-state index >= 15 is 0 Å². The van der Waals surface area contributed by atoms with Gasteiger partial charge in [-0.25, -0.2) is 4.79 Å². The SMILES string of the molecule is Cc1nc(-c2ccc(-c3ccc(C(=O)Nc4ccc5oc(=O)n(CCN(C)C)c5c4)cc3)c(C)c2)no1. The minimum Gasteiger partial charge on any atom is -0.408 e. The molecule has 0 aliphatic rings. The van der Waals surface area contributed by atoms with Crippen molar-refractivity contribution in [2.75, 3.05) is 26.0 Å². The van der Waals surface area contributed by atoms with Crippen molar-refractivity contribution in [3.05, 3.63) is 88.2 Å². The number of nitrogens with one attached hydrogen (secondary N) is 1. The van der Waals surface area contributed by atoms with Crippen molar-refractivity contribution in [3.8, 4) is 22.5 Å². The van der Waals surface area contributed by atoms with E-state index in [1.165, 1.54) is 0 Å². The Kier molecular flexibility index (Phi) is 6.45. The highest BCUT2D eigenvalue weighted by molar-refractivity contribution is 6.05. The lowest BCUT2D eigenvalue weighted by molar-refractivity contribution is 0.102. The minimum atomic E-state index is -0.411. The van der Waals surface area contributed by atoms with E-state index in [0.29, 0.717) is 47.2 Å². The van der Waals surface area contributed by atoms with Crippen LogP contribution in [0.4, 0.5) is 5.69 Å². The quantitative estimate of drug-likeness (QED) is 0.346. The van der Waals surface area contributed by atoms with Crippen LogP contribution >= 0.6 is 0 Å². The second kappa shape index (κ2) is 9.87. The number of carbonyl (C=O) groups excluding carboxylic acids is 1. The molecule has 0 aliphatic carbocycles. The Morgan fingerprint density at radius 1 is 1.00 bits per heavy atom. The van der Waals surface area contributed by atoms with Gasteiger partial charge in [0.15, 0.2) is 5.58 Å². The van der Waals surface area contributed by atoms with Gasteiger partial charge < -0.3 is 19.2 Å². The number of fused-ring (bicyclic) bond motifs is 1. The van der Waals surface area contributed by atoms with Crippen molar-refractivity contribution in [1.82, 2.24) is 19.6 Å². The summed E-state index contributed by atoms with van der Waals surface area (Å²) in [6.07, 6.45) is 0. The number of aromatic nitrogens is 3. The topological polar surface area (TPSA) is 106 Å². The van der Waals surface area contributed by atoms with Crippen molar-refractivity contribution in [1.29, 1.82) is 0 Å². The van der Waals surface area contributed by atoms with Gasteiger partial charge in [0.2, 0.25) is 11.7 Å². The molecule has 0 saturated heterocycles. The molecule has 1 amide bonds. The lowest BCUT2D eigenvalue weighted by Crippen LogP contribution is -2.23. The zero-order chi connectivity index (χ0) is 26.1. The third-order valence-corrected chi connectivity index (χ3v) is 6.17. The molecule has 1 N–H and O–H groups in total. The first-order chi connectivity index (χ1) is 17.8. The fourth-order valence-electron chi connectivity index (χ4n) is 4.20. The Morgan fingerprint density at radius 2 is 1.76 bits per heavy atom. The van der Waals surface area contributed by atoms with Crippen LogP contribution in [0.2, 0.25) is 0 Å². The Hall–Kier alpha value is -4.50. The molecule has 0 aliphatic heterocycles. The number of amides is 1. The number of carbonyl (C=O) groups is 1. The number of hydrogen-bond donors (Lipinski definition) is 1. The zero-order valence-electron chi connectivity index (χ0n) is 21.1. The van der Waals surface area contributed by atoms with Crippen molar-refractivity contribution < 1.29 is 13.7 Å². The van der Waals surface area contributed by atoms with E-state index < -0.39 is 5.76 Å². The summed E-state index contributed by atoms with van der Waals surface area (Å²) in [5.74, 6) is 0.430. The molecule has 2 aromatic heterocycles. The van der Waals surface area contributed by atoms with Crippen LogP contribution in [0.3, 0.4) is 0 Å². The molecule has 0 spiro atoms. The van der Waals surface area contributed by atoms with E-state index in [2.05, 4.69) is 15.5 Å². The molecule has 0 bridgehead atoms. The molecule has 5 aromatic rings. The van der Waals surface area contributed by atoms with Crippen LogP contribution in [0, 0.1) is 13.8 Å². The molecule has 0 fully saturated rings. The minimum absolute atomic E-state index is 0.240. The average molecular weight is 498 g/mol. The molecule has 0 atom stereocenters. The normalized spacial score (nSPS) is 11.4. The molecule has 5 rings (SSSR count). The fourth-order valence-corrected chi connectivity index (χ4v) is 4.20. The molecule has 0 unspecified atom stereocenters. The Morgan fingerprint density at radius 3 is 2.43 bits per heavy atom. The molecule has 188 valence electrons. The maximum Gasteiger partial charge on any atom is 0.419 e. The van der Waals surface area contributed by atoms with Gasteiger partial charge >= 0.3 is 5.76 Å². The number of rotatable bonds is 7. The fraction of sp³-hybridized carbons (Fsp3) is 0.214. The molecule has 0 radical (unpaired) electrons. The summed E-state index contributed by atoms with van der Waals surface area (Å²) in [4.78, 5) is 31.5. The predicted octanol–water partition coefficient (Wildman–Crippen LogP) is 4.74. The molecule has 3 aromatic carbocycles. The van der Waals surface area contributed by atoms with E-state index in [4.69, 9.17) is 8.94 Å². The highest BCUT2D eigenvalue weighted by Gasteiger charge is 2.13. The van der Waals surface area contributed by atoms with E-state index in [0.717, 1.165) is 22.3 Å². The van der Waals surface area contributed by atoms with Crippen LogP contribution in [0.5, 0.6) is 0 Å². The van der Waals surface area contributed by atoms with E-state index in [1.54, 1.807) is 41.8 Å². The first-order valence-electron chi connectivity index (χ1n) is 11.9. The van der Waals surface area contributed by atoms with Crippen LogP contribution in [0.15, 0.2) is 74.4 Å². The maximum atomic E-state index is 12.9. The lowest BCUT2D eigenvalue weighted by atomic mass is 9.97. The molecular weight excluding hydrogens is 470 g/mol. The van der Waals surface area contributed by atoms with E-state index in [-0.39, 0.29) is 5.91 Å². The van der Waals surface area contributed by atoms with Gasteiger partial charge in [-0.05, 0) is 74.1 Å². The summed E-state index contributed by atoms with van der Waals surface area (Å²) in [5.41, 5.74) is 6.24. The number of hydrogen-bond acceptors (Lipinski definition) is 7. The summed E-state index contributed by atoms with van der Waals surface area (Å²) >= 11 is 0. The van der Waals surface area contributed by atoms with E-state index in [1.807, 2.05) is 56.3 Å². The molecule has 9 heteroatoms. The Balaban J connectivity index is 1.33. The summed E-state index contributed by atoms with van der Waals surface area (Å²) in [7, 11) is 3.88. The number of anilines is 1. The van der Waals surface area contributed by atoms with Crippen molar-refractivity contribution in [2.24, 2.45) is 0 Å². The van der Waals surface area contributed by atoms with Gasteiger partial charge in [-0.15, -0.1) is 0 Å². The van der Waals surface area contributed by atoms with Crippen LogP contribution < -0.4 is 11.1 Å². The van der Waals surface area contributed by atoms with Crippen molar-refractivity contribution >= 4 is 22.7 Å². The van der Waals surface area contributed by atoms with Crippen LogP contribution in [0.25, 0.3) is 33.6 Å². The molecule has 0 saturated carbocycles. The monoisotopic (exact) mass is 497 g/mol. The first kappa shape index (κ1) is 24.2. The van der Waals surface area contributed by atoms with Gasteiger partial charge in [-0.1, -0.05) is 29.4 Å². The third kappa shape index (κ3) is 5.07. The standard InChI is InChI=1S/C28H27N5O4/c1-17-15-21(26-29-18(2)37-31-26)9-11-23(17)19-5-7-20(8-6-19)27(34)30-22-10-12-25-24(16-22)33(28(35)36-25)14-13-32(3)4/h5-12,15-16H,13-14H2,1-4H3,(H,30,34). The zero-order valence-corrected chi connectivity index (χ0v) is 21.1. The van der Waals surface area contributed by atoms with Gasteiger partial charge in [0.25, 0.3) is 5.91 Å². The largest absolute Gasteiger partial charge is 0.419 e. The van der Waals surface area contributed by atoms with Crippen molar-refractivity contribution in [3.63, 3.8) is 0 Å². The second-order valence-corrected chi connectivity index (χ2v) is 9.20. The number of aryl methyl sites for hydroxylation is 2. The predicted molar refractivity (Wildman–Crippen MR) is 142 cm³/mol. The molecular formula is C28H27N5O4. The maximum absolute atomic E-state index is 12.9. The van der Waals surface area contributed by atoms with Gasteiger partial charge in [0, 0.05) is 36.8 Å². The number of oxazole rings is 1. The summed E-state index contributed by atoms with van der Waals surface area (Å²) in [5, 5.41) is 6.90. The molecule has 2 heterocycles. The van der Waals surface area contributed by atoms with Crippen LogP contribution in [-0.4, -0.2) is 46.2 Å². The van der Waals surface area contributed by atoms with Gasteiger partial charge in [-0.2, -0.15) is 4.98 Å². The van der Waals surface area contributed by atoms with Gasteiger partial charge in [-0.3, -0.25) is 9.36 Å². The highest BCUT2D eigenvalue weighted by Crippen LogP contribution is 2.28. The van der Waals surface area contributed by atoms with Crippen LogP contribution in [-0.2, 0) is 6.54 Å². The average Bonchev–Trinajstić information content (AvgIpc) is 3.44. The van der Waals surface area contributed by atoms with Gasteiger partial charge in [0.1, 0.15) is 0 Å². The number of benzene rings is 3. The molecule has 9 nitrogen and oxygen atoms in total. The van der Waals surface area contributed by atoms with E-state index in [9.17, 15) is 9.59 Å². The Bertz CT molecular complexity index is 1640. The number of likely N-dealkylation sites (N-methyl/N-ethyl adjacent to an activating group) is 1. The molecule has 37 heavy (non-hydrogen) atoms.